The number of sulfone groups is 1. The van der Waals surface area contributed by atoms with E-state index in [1.165, 1.54) is 28.7 Å². The SMILES string of the molecule is CS(=O)(=O)c1ccc2nc(NC(=O)Cc3csc(SCc4ccc(Cl)cc4Cl)n3)sc2c1. The number of nitrogens with one attached hydrogen (secondary N) is 1. The van der Waals surface area contributed by atoms with Gasteiger partial charge in [0, 0.05) is 27.4 Å². The van der Waals surface area contributed by atoms with Crippen LogP contribution in [0.5, 0.6) is 0 Å². The molecule has 1 N–H and O–H groups in total. The second kappa shape index (κ2) is 9.66. The highest BCUT2D eigenvalue weighted by Crippen LogP contribution is 2.31. The Bertz CT molecular complexity index is 1420. The van der Waals surface area contributed by atoms with E-state index >= 15 is 0 Å². The second-order valence-corrected chi connectivity index (χ2v) is 12.7. The first kappa shape index (κ1) is 23.5. The number of benzene rings is 2. The van der Waals surface area contributed by atoms with E-state index in [1.54, 1.807) is 36.0 Å². The molecule has 0 bridgehead atoms. The number of thiazole rings is 2. The van der Waals surface area contributed by atoms with Crippen LogP contribution >= 0.6 is 57.6 Å². The molecule has 2 aromatic carbocycles. The summed E-state index contributed by atoms with van der Waals surface area (Å²) in [6.45, 7) is 0. The molecule has 0 saturated carbocycles. The van der Waals surface area contributed by atoms with Crippen LogP contribution in [0, 0.1) is 0 Å². The average molecular weight is 545 g/mol. The summed E-state index contributed by atoms with van der Waals surface area (Å²) in [5, 5.41) is 6.23. The van der Waals surface area contributed by atoms with E-state index in [2.05, 4.69) is 15.3 Å². The Labute approximate surface area is 206 Å². The molecule has 0 atom stereocenters. The zero-order chi connectivity index (χ0) is 22.9. The summed E-state index contributed by atoms with van der Waals surface area (Å²) in [4.78, 5) is 21.5. The molecule has 166 valence electrons. The highest BCUT2D eigenvalue weighted by Gasteiger charge is 2.14. The summed E-state index contributed by atoms with van der Waals surface area (Å²) in [5.74, 6) is 0.408. The molecular weight excluding hydrogens is 529 g/mol. The number of halogens is 2. The van der Waals surface area contributed by atoms with Crippen LogP contribution in [0.3, 0.4) is 0 Å². The number of amides is 1. The lowest BCUT2D eigenvalue weighted by atomic mass is 10.2. The van der Waals surface area contributed by atoms with Gasteiger partial charge < -0.3 is 5.32 Å². The predicted octanol–water partition coefficient (Wildman–Crippen LogP) is 5.94. The molecule has 4 rings (SSSR count). The third-order valence-corrected chi connectivity index (χ3v) is 9.02. The van der Waals surface area contributed by atoms with Gasteiger partial charge in [0.05, 0.1) is 27.2 Å². The number of carbonyl (C=O) groups is 1. The maximum Gasteiger partial charge on any atom is 0.232 e. The van der Waals surface area contributed by atoms with Crippen molar-refractivity contribution in [2.24, 2.45) is 0 Å². The van der Waals surface area contributed by atoms with Gasteiger partial charge in [-0.3, -0.25) is 4.79 Å². The van der Waals surface area contributed by atoms with Crippen molar-refractivity contribution >= 4 is 88.7 Å². The lowest BCUT2D eigenvalue weighted by molar-refractivity contribution is -0.115. The largest absolute Gasteiger partial charge is 0.302 e. The third kappa shape index (κ3) is 5.81. The monoisotopic (exact) mass is 543 g/mol. The van der Waals surface area contributed by atoms with Crippen LogP contribution in [0.1, 0.15) is 11.3 Å². The Hall–Kier alpha value is -1.69. The van der Waals surface area contributed by atoms with Gasteiger partial charge in [0.25, 0.3) is 0 Å². The minimum Gasteiger partial charge on any atom is -0.302 e. The summed E-state index contributed by atoms with van der Waals surface area (Å²) >= 11 is 16.4. The van der Waals surface area contributed by atoms with E-state index in [-0.39, 0.29) is 17.2 Å². The molecule has 4 aromatic rings. The molecule has 0 radical (unpaired) electrons. The van der Waals surface area contributed by atoms with E-state index in [4.69, 9.17) is 23.2 Å². The third-order valence-electron chi connectivity index (χ3n) is 4.27. The number of carbonyl (C=O) groups excluding carboxylic acids is 1. The number of aromatic nitrogens is 2. The van der Waals surface area contributed by atoms with Crippen LogP contribution in [0.4, 0.5) is 5.13 Å². The quantitative estimate of drug-likeness (QED) is 0.290. The van der Waals surface area contributed by atoms with E-state index in [9.17, 15) is 13.2 Å². The van der Waals surface area contributed by atoms with E-state index < -0.39 is 9.84 Å². The molecule has 0 aliphatic heterocycles. The second-order valence-electron chi connectivity index (χ2n) is 6.77. The molecule has 0 aliphatic carbocycles. The summed E-state index contributed by atoms with van der Waals surface area (Å²) in [5.41, 5.74) is 2.26. The Morgan fingerprint density at radius 3 is 2.72 bits per heavy atom. The summed E-state index contributed by atoms with van der Waals surface area (Å²) < 4.78 is 25.0. The average Bonchev–Trinajstić information content (AvgIpc) is 3.31. The van der Waals surface area contributed by atoms with Crippen LogP contribution in [-0.4, -0.2) is 30.5 Å². The van der Waals surface area contributed by atoms with Crippen LogP contribution in [0.15, 0.2) is 51.0 Å². The van der Waals surface area contributed by atoms with Crippen molar-refractivity contribution in [3.8, 4) is 0 Å². The first-order chi connectivity index (χ1) is 15.2. The van der Waals surface area contributed by atoms with Crippen LogP contribution in [0.25, 0.3) is 10.2 Å². The Balaban J connectivity index is 1.37. The van der Waals surface area contributed by atoms with Gasteiger partial charge in [-0.2, -0.15) is 0 Å². The first-order valence-electron chi connectivity index (χ1n) is 9.09. The number of hydrogen-bond acceptors (Lipinski definition) is 8. The summed E-state index contributed by atoms with van der Waals surface area (Å²) in [6, 6.07) is 10.1. The maximum absolute atomic E-state index is 12.4. The zero-order valence-electron chi connectivity index (χ0n) is 16.5. The number of nitrogens with zero attached hydrogens (tertiary/aromatic N) is 2. The standard InChI is InChI=1S/C20H15Cl2N3O3S4/c1-32(27,28)14-4-5-16-17(8-14)31-19(24-16)25-18(26)7-13-10-30-20(23-13)29-9-11-2-3-12(21)6-15(11)22/h2-6,8,10H,7,9H2,1H3,(H,24,25,26). The number of rotatable bonds is 7. The number of anilines is 1. The van der Waals surface area contributed by atoms with Crippen molar-refractivity contribution in [2.45, 2.75) is 21.4 Å². The molecule has 2 aromatic heterocycles. The van der Waals surface area contributed by atoms with Gasteiger partial charge in [0.1, 0.15) is 4.34 Å². The van der Waals surface area contributed by atoms with Gasteiger partial charge in [-0.1, -0.05) is 52.4 Å². The Morgan fingerprint density at radius 1 is 1.16 bits per heavy atom. The van der Waals surface area contributed by atoms with Crippen molar-refractivity contribution in [3.05, 3.63) is 63.1 Å². The minimum absolute atomic E-state index is 0.114. The van der Waals surface area contributed by atoms with Gasteiger partial charge in [0.2, 0.25) is 5.91 Å². The minimum atomic E-state index is -3.30. The van der Waals surface area contributed by atoms with Crippen molar-refractivity contribution in [1.82, 2.24) is 9.97 Å². The van der Waals surface area contributed by atoms with Crippen molar-refractivity contribution in [2.75, 3.05) is 11.6 Å². The van der Waals surface area contributed by atoms with Gasteiger partial charge in [-0.15, -0.1) is 11.3 Å². The lowest BCUT2D eigenvalue weighted by Crippen LogP contribution is -2.14. The molecule has 6 nitrogen and oxygen atoms in total. The van der Waals surface area contributed by atoms with Crippen molar-refractivity contribution in [1.29, 1.82) is 0 Å². The molecule has 0 unspecified atom stereocenters. The van der Waals surface area contributed by atoms with E-state index in [1.807, 2.05) is 11.4 Å². The molecule has 12 heteroatoms. The highest BCUT2D eigenvalue weighted by molar-refractivity contribution is 8.00. The molecule has 0 spiro atoms. The zero-order valence-corrected chi connectivity index (χ0v) is 21.2. The Kier molecular flexibility index (Phi) is 7.09. The van der Waals surface area contributed by atoms with Gasteiger partial charge in [-0.25, -0.2) is 18.4 Å². The Morgan fingerprint density at radius 2 is 1.97 bits per heavy atom. The smallest absolute Gasteiger partial charge is 0.232 e. The van der Waals surface area contributed by atoms with E-state index in [0.717, 1.165) is 16.2 Å². The summed E-state index contributed by atoms with van der Waals surface area (Å²) in [6.07, 6.45) is 1.27. The number of fused-ring (bicyclic) bond motifs is 1. The van der Waals surface area contributed by atoms with Crippen molar-refractivity contribution < 1.29 is 13.2 Å². The maximum atomic E-state index is 12.4. The summed E-state index contributed by atoms with van der Waals surface area (Å²) in [7, 11) is -3.30. The van der Waals surface area contributed by atoms with Gasteiger partial charge in [0.15, 0.2) is 15.0 Å². The van der Waals surface area contributed by atoms with Crippen LogP contribution in [0.2, 0.25) is 10.0 Å². The molecule has 2 heterocycles. The normalized spacial score (nSPS) is 11.7. The topological polar surface area (TPSA) is 89.0 Å². The molecule has 0 fully saturated rings. The lowest BCUT2D eigenvalue weighted by Gasteiger charge is -2.02. The van der Waals surface area contributed by atoms with Crippen LogP contribution < -0.4 is 5.32 Å². The first-order valence-corrected chi connectivity index (χ1v) is 14.4. The fraction of sp³-hybridized carbons (Fsp3) is 0.150. The van der Waals surface area contributed by atoms with Gasteiger partial charge >= 0.3 is 0 Å². The molecular formula is C20H15Cl2N3O3S4. The molecule has 0 saturated heterocycles. The fourth-order valence-electron chi connectivity index (χ4n) is 2.73. The number of thioether (sulfide) groups is 1. The van der Waals surface area contributed by atoms with E-state index in [0.29, 0.717) is 36.8 Å². The molecule has 1 amide bonds. The molecule has 32 heavy (non-hydrogen) atoms. The van der Waals surface area contributed by atoms with Crippen molar-refractivity contribution in [3.63, 3.8) is 0 Å². The predicted molar refractivity (Wildman–Crippen MR) is 133 cm³/mol. The van der Waals surface area contributed by atoms with Gasteiger partial charge in [-0.05, 0) is 35.9 Å². The highest BCUT2D eigenvalue weighted by atomic mass is 35.5. The molecule has 0 aliphatic rings. The fourth-order valence-corrected chi connectivity index (χ4v) is 6.78. The number of hydrogen-bond donors (Lipinski definition) is 1. The van der Waals surface area contributed by atoms with Crippen LogP contribution in [-0.2, 0) is 26.8 Å².